The number of halogens is 1. The number of benzene rings is 1. The number of rotatable bonds is 3. The molecule has 92 valence electrons. The molecule has 0 saturated heterocycles. The van der Waals surface area contributed by atoms with E-state index in [1.54, 1.807) is 24.1 Å². The highest BCUT2D eigenvalue weighted by atomic mass is 35.5. The Labute approximate surface area is 112 Å². The van der Waals surface area contributed by atoms with E-state index < -0.39 is 0 Å². The van der Waals surface area contributed by atoms with E-state index in [4.69, 9.17) is 11.6 Å². The maximum absolute atomic E-state index is 11.9. The van der Waals surface area contributed by atoms with E-state index in [0.717, 1.165) is 5.69 Å². The molecule has 1 atom stereocenters. The standard InChI is InChI=1S/C13H16ClNOS/c1-4-5-10(2)17-13(16)15(3)12-8-6-11(14)7-9-12/h4-10H,1-3H3/b5-4+. The molecule has 0 bridgehead atoms. The van der Waals surface area contributed by atoms with Crippen molar-refractivity contribution >= 4 is 34.3 Å². The van der Waals surface area contributed by atoms with Gasteiger partial charge in [-0.25, -0.2) is 0 Å². The minimum absolute atomic E-state index is 0.0259. The predicted molar refractivity (Wildman–Crippen MR) is 77.1 cm³/mol. The van der Waals surface area contributed by atoms with Crippen LogP contribution < -0.4 is 4.90 Å². The Kier molecular flexibility index (Phi) is 5.59. The molecular formula is C13H16ClNOS. The summed E-state index contributed by atoms with van der Waals surface area (Å²) in [6.07, 6.45) is 3.95. The molecule has 2 nitrogen and oxygen atoms in total. The molecule has 1 aromatic rings. The monoisotopic (exact) mass is 269 g/mol. The quantitative estimate of drug-likeness (QED) is 0.748. The molecular weight excluding hydrogens is 254 g/mol. The molecule has 0 saturated carbocycles. The van der Waals surface area contributed by atoms with Crippen LogP contribution in [0.2, 0.25) is 5.02 Å². The normalized spacial score (nSPS) is 12.7. The van der Waals surface area contributed by atoms with Gasteiger partial charge in [0.15, 0.2) is 0 Å². The van der Waals surface area contributed by atoms with Gasteiger partial charge in [0.2, 0.25) is 0 Å². The van der Waals surface area contributed by atoms with Crippen molar-refractivity contribution in [2.24, 2.45) is 0 Å². The Bertz CT molecular complexity index is 402. The summed E-state index contributed by atoms with van der Waals surface area (Å²) in [6.45, 7) is 3.95. The molecule has 1 amide bonds. The third kappa shape index (κ3) is 4.44. The lowest BCUT2D eigenvalue weighted by molar-refractivity contribution is 0.266. The second-order valence-electron chi connectivity index (χ2n) is 3.65. The Balaban J connectivity index is 2.66. The van der Waals surface area contributed by atoms with Gasteiger partial charge in [-0.2, -0.15) is 0 Å². The second kappa shape index (κ2) is 6.72. The lowest BCUT2D eigenvalue weighted by Gasteiger charge is -2.18. The average molecular weight is 270 g/mol. The van der Waals surface area contributed by atoms with Gasteiger partial charge >= 0.3 is 0 Å². The molecule has 1 unspecified atom stereocenters. The van der Waals surface area contributed by atoms with Crippen LogP contribution in [0.5, 0.6) is 0 Å². The van der Waals surface area contributed by atoms with Crippen LogP contribution in [0.25, 0.3) is 0 Å². The lowest BCUT2D eigenvalue weighted by Crippen LogP contribution is -2.23. The highest BCUT2D eigenvalue weighted by molar-refractivity contribution is 8.14. The Morgan fingerprint density at radius 2 is 2.00 bits per heavy atom. The second-order valence-corrected chi connectivity index (χ2v) is 5.42. The minimum atomic E-state index is 0.0259. The third-order valence-electron chi connectivity index (χ3n) is 2.24. The van der Waals surface area contributed by atoms with Crippen molar-refractivity contribution in [2.45, 2.75) is 19.1 Å². The summed E-state index contributed by atoms with van der Waals surface area (Å²) < 4.78 is 0. The Morgan fingerprint density at radius 3 is 2.53 bits per heavy atom. The molecule has 0 aliphatic heterocycles. The summed E-state index contributed by atoms with van der Waals surface area (Å²) in [4.78, 5) is 13.6. The van der Waals surface area contributed by atoms with Gasteiger partial charge in [-0.05, 0) is 38.1 Å². The number of hydrogen-bond acceptors (Lipinski definition) is 2. The molecule has 4 heteroatoms. The zero-order valence-corrected chi connectivity index (χ0v) is 11.8. The van der Waals surface area contributed by atoms with Crippen molar-refractivity contribution in [1.29, 1.82) is 0 Å². The van der Waals surface area contributed by atoms with Crippen LogP contribution in [0.3, 0.4) is 0 Å². The summed E-state index contributed by atoms with van der Waals surface area (Å²) in [5.41, 5.74) is 0.847. The van der Waals surface area contributed by atoms with Crippen LogP contribution in [0.1, 0.15) is 13.8 Å². The lowest BCUT2D eigenvalue weighted by atomic mass is 10.3. The van der Waals surface area contributed by atoms with E-state index in [1.165, 1.54) is 11.8 Å². The first-order chi connectivity index (χ1) is 8.04. The number of hydrogen-bond donors (Lipinski definition) is 0. The SMILES string of the molecule is C/C=C/C(C)SC(=O)N(C)c1ccc(Cl)cc1. The zero-order chi connectivity index (χ0) is 12.8. The van der Waals surface area contributed by atoms with E-state index in [2.05, 4.69) is 0 Å². The summed E-state index contributed by atoms with van der Waals surface area (Å²) >= 11 is 7.10. The molecule has 0 radical (unpaired) electrons. The highest BCUT2D eigenvalue weighted by Gasteiger charge is 2.13. The van der Waals surface area contributed by atoms with Crippen LogP contribution in [-0.4, -0.2) is 17.5 Å². The summed E-state index contributed by atoms with van der Waals surface area (Å²) in [7, 11) is 1.76. The number of anilines is 1. The van der Waals surface area contributed by atoms with Gasteiger partial charge in [0, 0.05) is 23.0 Å². The van der Waals surface area contributed by atoms with E-state index in [9.17, 15) is 4.79 Å². The van der Waals surface area contributed by atoms with Gasteiger partial charge in [-0.3, -0.25) is 4.79 Å². The Morgan fingerprint density at radius 1 is 1.41 bits per heavy atom. The fourth-order valence-corrected chi connectivity index (χ4v) is 2.26. The van der Waals surface area contributed by atoms with Gasteiger partial charge in [-0.1, -0.05) is 35.5 Å². The summed E-state index contributed by atoms with van der Waals surface area (Å²) in [6, 6.07) is 7.23. The van der Waals surface area contributed by atoms with Crippen molar-refractivity contribution in [3.8, 4) is 0 Å². The van der Waals surface area contributed by atoms with Gasteiger partial charge in [0.25, 0.3) is 5.24 Å². The topological polar surface area (TPSA) is 20.3 Å². The van der Waals surface area contributed by atoms with Gasteiger partial charge in [-0.15, -0.1) is 0 Å². The van der Waals surface area contributed by atoms with E-state index in [-0.39, 0.29) is 10.5 Å². The van der Waals surface area contributed by atoms with Crippen LogP contribution >= 0.6 is 23.4 Å². The summed E-state index contributed by atoms with van der Waals surface area (Å²) in [5, 5.41) is 0.879. The van der Waals surface area contributed by atoms with Crippen LogP contribution in [0, 0.1) is 0 Å². The molecule has 0 aliphatic carbocycles. The maximum atomic E-state index is 11.9. The number of thioether (sulfide) groups is 1. The molecule has 0 N–H and O–H groups in total. The molecule has 0 aliphatic rings. The fraction of sp³-hybridized carbons (Fsp3) is 0.308. The molecule has 0 heterocycles. The smallest absolute Gasteiger partial charge is 0.286 e. The Hall–Kier alpha value is -0.930. The molecule has 1 aromatic carbocycles. The first-order valence-electron chi connectivity index (χ1n) is 5.37. The van der Waals surface area contributed by atoms with Crippen LogP contribution in [0.4, 0.5) is 10.5 Å². The van der Waals surface area contributed by atoms with Crippen molar-refractivity contribution in [3.63, 3.8) is 0 Å². The number of amides is 1. The number of nitrogens with zero attached hydrogens (tertiary/aromatic N) is 1. The van der Waals surface area contributed by atoms with Crippen molar-refractivity contribution in [1.82, 2.24) is 0 Å². The number of carbonyl (C=O) groups is 1. The zero-order valence-electron chi connectivity index (χ0n) is 10.2. The molecule has 0 spiro atoms. The molecule has 17 heavy (non-hydrogen) atoms. The summed E-state index contributed by atoms with van der Waals surface area (Å²) in [5.74, 6) is 0. The van der Waals surface area contributed by atoms with Crippen molar-refractivity contribution in [2.75, 3.05) is 11.9 Å². The molecule has 0 aromatic heterocycles. The van der Waals surface area contributed by atoms with E-state index >= 15 is 0 Å². The van der Waals surface area contributed by atoms with Gasteiger partial charge in [0.05, 0.1) is 0 Å². The predicted octanol–water partition coefficient (Wildman–Crippen LogP) is 4.59. The highest BCUT2D eigenvalue weighted by Crippen LogP contribution is 2.22. The first kappa shape index (κ1) is 14.1. The van der Waals surface area contributed by atoms with E-state index in [0.29, 0.717) is 5.02 Å². The minimum Gasteiger partial charge on any atom is -0.306 e. The largest absolute Gasteiger partial charge is 0.306 e. The van der Waals surface area contributed by atoms with Gasteiger partial charge < -0.3 is 4.90 Å². The number of carbonyl (C=O) groups excluding carboxylic acids is 1. The van der Waals surface area contributed by atoms with Crippen molar-refractivity contribution < 1.29 is 4.79 Å². The van der Waals surface area contributed by atoms with Crippen LogP contribution in [-0.2, 0) is 0 Å². The van der Waals surface area contributed by atoms with E-state index in [1.807, 2.05) is 38.1 Å². The number of allylic oxidation sites excluding steroid dienone is 1. The first-order valence-corrected chi connectivity index (χ1v) is 6.63. The fourth-order valence-electron chi connectivity index (χ4n) is 1.32. The van der Waals surface area contributed by atoms with Crippen LogP contribution in [0.15, 0.2) is 36.4 Å². The maximum Gasteiger partial charge on any atom is 0.286 e. The van der Waals surface area contributed by atoms with Crippen molar-refractivity contribution in [3.05, 3.63) is 41.4 Å². The third-order valence-corrected chi connectivity index (χ3v) is 3.49. The average Bonchev–Trinajstić information content (AvgIpc) is 2.29. The molecule has 0 fully saturated rings. The molecule has 1 rings (SSSR count). The van der Waals surface area contributed by atoms with Gasteiger partial charge in [0.1, 0.15) is 0 Å².